The van der Waals surface area contributed by atoms with E-state index in [1.54, 1.807) is 0 Å². The molecule has 3 N–H and O–H groups in total. The van der Waals surface area contributed by atoms with Crippen molar-refractivity contribution >= 4 is 32.6 Å². The molecule has 2 unspecified atom stereocenters. The largest absolute Gasteiger partial charge is 0.328 e. The quantitative estimate of drug-likeness (QED) is 0.885. The number of nitrogens with one attached hydrogen (secondary N) is 1. The Morgan fingerprint density at radius 3 is 3.05 bits per heavy atom. The van der Waals surface area contributed by atoms with Gasteiger partial charge >= 0.3 is 0 Å². The fraction of sp³-hybridized carbons (Fsp3) is 0.429. The highest BCUT2D eigenvalue weighted by atomic mass is 32.1. The number of carbonyl (C=O) groups excluding carboxylic acids is 1. The van der Waals surface area contributed by atoms with Gasteiger partial charge in [-0.2, -0.15) is 0 Å². The molecule has 1 aliphatic carbocycles. The molecule has 0 aliphatic heterocycles. The smallest absolute Gasteiger partial charge is 0.229 e. The summed E-state index contributed by atoms with van der Waals surface area (Å²) < 4.78 is 1.11. The van der Waals surface area contributed by atoms with Gasteiger partial charge in [0.25, 0.3) is 0 Å². The summed E-state index contributed by atoms with van der Waals surface area (Å²) in [5.74, 6) is 0.104. The number of hydrogen-bond donors (Lipinski definition) is 2. The molecule has 0 spiro atoms. The van der Waals surface area contributed by atoms with Crippen molar-refractivity contribution in [3.8, 4) is 0 Å². The van der Waals surface area contributed by atoms with E-state index in [4.69, 9.17) is 5.73 Å². The highest BCUT2D eigenvalue weighted by molar-refractivity contribution is 7.22. The second kappa shape index (κ2) is 4.90. The van der Waals surface area contributed by atoms with Crippen molar-refractivity contribution in [3.63, 3.8) is 0 Å². The number of nitrogens with two attached hydrogens (primary N) is 1. The van der Waals surface area contributed by atoms with Crippen molar-refractivity contribution in [3.05, 3.63) is 23.8 Å². The summed E-state index contributed by atoms with van der Waals surface area (Å²) in [7, 11) is 0. The van der Waals surface area contributed by atoms with Crippen LogP contribution in [-0.2, 0) is 4.79 Å². The van der Waals surface area contributed by atoms with E-state index in [1.165, 1.54) is 16.9 Å². The Balaban J connectivity index is 1.76. The van der Waals surface area contributed by atoms with Gasteiger partial charge < -0.3 is 11.1 Å². The molecule has 1 amide bonds. The van der Waals surface area contributed by atoms with Gasteiger partial charge in [0.05, 0.1) is 10.2 Å². The van der Waals surface area contributed by atoms with Gasteiger partial charge in [-0.3, -0.25) is 4.79 Å². The van der Waals surface area contributed by atoms with Crippen LogP contribution in [0.3, 0.4) is 0 Å². The van der Waals surface area contributed by atoms with Gasteiger partial charge in [-0.25, -0.2) is 4.98 Å². The summed E-state index contributed by atoms with van der Waals surface area (Å²) in [5, 5.41) is 3.61. The molecule has 1 saturated carbocycles. The Kier molecular flexibility index (Phi) is 3.24. The summed E-state index contributed by atoms with van der Waals surface area (Å²) in [4.78, 5) is 16.5. The number of anilines is 1. The monoisotopic (exact) mass is 275 g/mol. The van der Waals surface area contributed by atoms with E-state index in [2.05, 4.69) is 23.3 Å². The number of nitrogens with zero attached hydrogens (tertiary/aromatic N) is 1. The third-order valence-corrected chi connectivity index (χ3v) is 4.55. The molecule has 3 rings (SSSR count). The molecule has 2 aromatic rings. The van der Waals surface area contributed by atoms with E-state index >= 15 is 0 Å². The van der Waals surface area contributed by atoms with Crippen molar-refractivity contribution in [2.75, 3.05) is 5.32 Å². The zero-order chi connectivity index (χ0) is 13.4. The number of carbonyl (C=O) groups is 1. The molecule has 100 valence electrons. The lowest BCUT2D eigenvalue weighted by Gasteiger charge is -2.07. The molecule has 1 fully saturated rings. The van der Waals surface area contributed by atoms with Crippen LogP contribution in [0.5, 0.6) is 0 Å². The first-order chi connectivity index (χ1) is 9.11. The highest BCUT2D eigenvalue weighted by Gasteiger charge is 2.28. The summed E-state index contributed by atoms with van der Waals surface area (Å²) in [6.45, 7) is 2.05. The summed E-state index contributed by atoms with van der Waals surface area (Å²) in [6.07, 6.45) is 2.62. The second-order valence-electron chi connectivity index (χ2n) is 5.25. The minimum Gasteiger partial charge on any atom is -0.328 e. The van der Waals surface area contributed by atoms with Crippen LogP contribution in [0, 0.1) is 12.8 Å². The molecule has 0 radical (unpaired) electrons. The zero-order valence-electron chi connectivity index (χ0n) is 10.8. The van der Waals surface area contributed by atoms with Gasteiger partial charge in [-0.15, -0.1) is 0 Å². The van der Waals surface area contributed by atoms with E-state index < -0.39 is 0 Å². The summed E-state index contributed by atoms with van der Waals surface area (Å²) in [5.41, 5.74) is 7.98. The number of benzene rings is 1. The van der Waals surface area contributed by atoms with Gasteiger partial charge in [-0.1, -0.05) is 17.4 Å². The van der Waals surface area contributed by atoms with Crippen molar-refractivity contribution in [2.45, 2.75) is 32.2 Å². The standard InChI is InChI=1S/C14H17N3OS/c1-8-2-5-11-12(6-8)19-14(16-11)17-13(18)9-3-4-10(15)7-9/h2,5-6,9-10H,3-4,7,15H2,1H3,(H,16,17,18). The first-order valence-corrected chi connectivity index (χ1v) is 7.37. The van der Waals surface area contributed by atoms with Crippen LogP contribution in [0.15, 0.2) is 18.2 Å². The van der Waals surface area contributed by atoms with Gasteiger partial charge in [0.1, 0.15) is 0 Å². The van der Waals surface area contributed by atoms with Crippen LogP contribution in [0.25, 0.3) is 10.2 Å². The number of amides is 1. The molecule has 5 heteroatoms. The van der Waals surface area contributed by atoms with E-state index in [-0.39, 0.29) is 17.9 Å². The average molecular weight is 275 g/mol. The lowest BCUT2D eigenvalue weighted by atomic mass is 10.1. The molecule has 4 nitrogen and oxygen atoms in total. The number of fused-ring (bicyclic) bond motifs is 1. The molecule has 0 saturated heterocycles. The van der Waals surface area contributed by atoms with Crippen LogP contribution >= 0.6 is 11.3 Å². The fourth-order valence-electron chi connectivity index (χ4n) is 2.55. The lowest BCUT2D eigenvalue weighted by Crippen LogP contribution is -2.23. The molecular formula is C14H17N3OS. The average Bonchev–Trinajstić information content (AvgIpc) is 2.94. The van der Waals surface area contributed by atoms with Crippen LogP contribution in [-0.4, -0.2) is 16.9 Å². The lowest BCUT2D eigenvalue weighted by molar-refractivity contribution is -0.119. The molecule has 1 heterocycles. The van der Waals surface area contributed by atoms with Gasteiger partial charge in [0, 0.05) is 12.0 Å². The predicted molar refractivity (Wildman–Crippen MR) is 78.3 cm³/mol. The predicted octanol–water partition coefficient (Wildman–Crippen LogP) is 2.67. The zero-order valence-corrected chi connectivity index (χ0v) is 11.7. The summed E-state index contributed by atoms with van der Waals surface area (Å²) in [6, 6.07) is 6.29. The molecule has 2 atom stereocenters. The normalized spacial score (nSPS) is 22.8. The minimum atomic E-state index is 0.0451. The molecule has 1 aromatic heterocycles. The third kappa shape index (κ3) is 2.62. The molecule has 0 bridgehead atoms. The highest BCUT2D eigenvalue weighted by Crippen LogP contribution is 2.29. The van der Waals surface area contributed by atoms with Crippen molar-refractivity contribution < 1.29 is 4.79 Å². The number of thiazole rings is 1. The maximum absolute atomic E-state index is 12.1. The Bertz CT molecular complexity index is 622. The molecule has 1 aliphatic rings. The summed E-state index contributed by atoms with van der Waals surface area (Å²) >= 11 is 1.53. The fourth-order valence-corrected chi connectivity index (χ4v) is 3.51. The number of aromatic nitrogens is 1. The Morgan fingerprint density at radius 1 is 1.47 bits per heavy atom. The Hall–Kier alpha value is -1.46. The van der Waals surface area contributed by atoms with E-state index in [0.29, 0.717) is 5.13 Å². The molecular weight excluding hydrogens is 258 g/mol. The second-order valence-corrected chi connectivity index (χ2v) is 6.28. The number of rotatable bonds is 2. The minimum absolute atomic E-state index is 0.0451. The molecule has 19 heavy (non-hydrogen) atoms. The number of hydrogen-bond acceptors (Lipinski definition) is 4. The maximum Gasteiger partial charge on any atom is 0.229 e. The SMILES string of the molecule is Cc1ccc2nc(NC(=O)C3CCC(N)C3)sc2c1. The Labute approximate surface area is 116 Å². The Morgan fingerprint density at radius 2 is 2.32 bits per heavy atom. The van der Waals surface area contributed by atoms with Crippen molar-refractivity contribution in [1.82, 2.24) is 4.98 Å². The van der Waals surface area contributed by atoms with Gasteiger partial charge in [-0.05, 0) is 43.9 Å². The van der Waals surface area contributed by atoms with Crippen LogP contribution in [0.1, 0.15) is 24.8 Å². The third-order valence-electron chi connectivity index (χ3n) is 3.62. The van der Waals surface area contributed by atoms with Crippen molar-refractivity contribution in [1.29, 1.82) is 0 Å². The first-order valence-electron chi connectivity index (χ1n) is 6.55. The first kappa shape index (κ1) is 12.6. The topological polar surface area (TPSA) is 68.0 Å². The molecule has 1 aromatic carbocycles. The van der Waals surface area contributed by atoms with E-state index in [9.17, 15) is 4.79 Å². The van der Waals surface area contributed by atoms with E-state index in [1.807, 2.05) is 12.1 Å². The van der Waals surface area contributed by atoms with Gasteiger partial charge in [0.2, 0.25) is 5.91 Å². The number of aryl methyl sites for hydroxylation is 1. The van der Waals surface area contributed by atoms with Crippen LogP contribution in [0.2, 0.25) is 0 Å². The van der Waals surface area contributed by atoms with Gasteiger partial charge in [0.15, 0.2) is 5.13 Å². The van der Waals surface area contributed by atoms with Crippen LogP contribution in [0.4, 0.5) is 5.13 Å². The van der Waals surface area contributed by atoms with Crippen LogP contribution < -0.4 is 11.1 Å². The maximum atomic E-state index is 12.1. The van der Waals surface area contributed by atoms with E-state index in [0.717, 1.165) is 29.5 Å². The van der Waals surface area contributed by atoms with Crippen molar-refractivity contribution in [2.24, 2.45) is 11.7 Å².